The fraction of sp³-hybridized carbons (Fsp3) is 0.0870. The van der Waals surface area contributed by atoms with Gasteiger partial charge in [-0.3, -0.25) is 24.5 Å². The van der Waals surface area contributed by atoms with Crippen molar-refractivity contribution in [2.45, 2.75) is 13.1 Å². The molecule has 0 aliphatic carbocycles. The predicted molar refractivity (Wildman–Crippen MR) is 120 cm³/mol. The van der Waals surface area contributed by atoms with Crippen molar-refractivity contribution in [3.63, 3.8) is 0 Å². The second kappa shape index (κ2) is 8.08. The molecule has 0 spiro atoms. The van der Waals surface area contributed by atoms with E-state index in [4.69, 9.17) is 4.42 Å². The summed E-state index contributed by atoms with van der Waals surface area (Å²) in [4.78, 5) is 43.0. The molecule has 3 heterocycles. The Morgan fingerprint density at radius 3 is 2.06 bits per heavy atom. The first-order valence-corrected chi connectivity index (χ1v) is 10.1. The van der Waals surface area contributed by atoms with Crippen molar-refractivity contribution in [1.82, 2.24) is 19.1 Å². The Balaban J connectivity index is 1.77. The third-order valence-electron chi connectivity index (χ3n) is 5.24. The molecule has 0 aliphatic heterocycles. The van der Waals surface area contributed by atoms with E-state index >= 15 is 0 Å². The zero-order chi connectivity index (χ0) is 22.9. The first-order valence-electron chi connectivity index (χ1n) is 10.1. The molecule has 0 amide bonds. The van der Waals surface area contributed by atoms with Gasteiger partial charge >= 0.3 is 11.6 Å². The van der Waals surface area contributed by atoms with E-state index in [0.717, 1.165) is 11.1 Å². The monoisotopic (exact) mass is 443 g/mol. The van der Waals surface area contributed by atoms with E-state index in [1.54, 1.807) is 4.57 Å². The minimum absolute atomic E-state index is 0.118. The molecule has 10 heteroatoms. The van der Waals surface area contributed by atoms with Crippen molar-refractivity contribution in [3.05, 3.63) is 115 Å². The quantitative estimate of drug-likeness (QED) is 0.317. The highest BCUT2D eigenvalue weighted by Crippen LogP contribution is 2.28. The maximum absolute atomic E-state index is 12.9. The molecule has 0 fully saturated rings. The molecule has 0 saturated carbocycles. The zero-order valence-corrected chi connectivity index (χ0v) is 17.2. The van der Waals surface area contributed by atoms with Gasteiger partial charge < -0.3 is 8.98 Å². The number of hydrogen-bond donors (Lipinski definition) is 1. The van der Waals surface area contributed by atoms with Gasteiger partial charge in [0.2, 0.25) is 0 Å². The van der Waals surface area contributed by atoms with Crippen LogP contribution in [0.5, 0.6) is 0 Å². The first kappa shape index (κ1) is 20.2. The summed E-state index contributed by atoms with van der Waals surface area (Å²) < 4.78 is 8.36. The van der Waals surface area contributed by atoms with Gasteiger partial charge in [0.1, 0.15) is 4.92 Å². The fourth-order valence-corrected chi connectivity index (χ4v) is 3.74. The molecule has 0 radical (unpaired) electrons. The van der Waals surface area contributed by atoms with E-state index in [1.807, 2.05) is 60.7 Å². The third kappa shape index (κ3) is 3.74. The van der Waals surface area contributed by atoms with Crippen molar-refractivity contribution in [2.24, 2.45) is 0 Å². The average molecular weight is 443 g/mol. The Hall–Kier alpha value is -4.73. The number of furan rings is 1. The largest absolute Gasteiger partial charge is 0.433 e. The molecule has 164 valence electrons. The summed E-state index contributed by atoms with van der Waals surface area (Å²) >= 11 is 0. The van der Waals surface area contributed by atoms with Crippen LogP contribution >= 0.6 is 0 Å². The van der Waals surface area contributed by atoms with Gasteiger partial charge in [-0.15, -0.1) is 0 Å². The molecular formula is C23H17N5O5. The molecule has 0 aliphatic rings. The summed E-state index contributed by atoms with van der Waals surface area (Å²) in [5.41, 5.74) is 0.855. The Labute approximate surface area is 185 Å². The molecule has 1 N–H and O–H groups in total. The summed E-state index contributed by atoms with van der Waals surface area (Å²) in [6.45, 7) is 0.431. The van der Waals surface area contributed by atoms with E-state index < -0.39 is 22.1 Å². The zero-order valence-electron chi connectivity index (χ0n) is 17.2. The SMILES string of the molecule is O=c1[nH]c(=O)n(Cc2ccccc2)c2nc(-c3ccc([N+](=O)[O-])o3)n(Cc3ccccc3)c12. The van der Waals surface area contributed by atoms with Crippen LogP contribution < -0.4 is 11.2 Å². The second-order valence-corrected chi connectivity index (χ2v) is 7.41. The standard InChI is InChI=1S/C23H17N5O5/c29-22-19-21(27(23(30)25-22)14-16-9-5-2-6-10-16)24-20(17-11-12-18(33-17)28(31)32)26(19)13-15-7-3-1-4-8-15/h1-12H,13-14H2,(H,25,29,30). The van der Waals surface area contributed by atoms with Crippen LogP contribution in [0.3, 0.4) is 0 Å². The highest BCUT2D eigenvalue weighted by molar-refractivity contribution is 5.76. The van der Waals surface area contributed by atoms with Crippen molar-refractivity contribution in [3.8, 4) is 11.6 Å². The number of aromatic amines is 1. The number of benzene rings is 2. The summed E-state index contributed by atoms with van der Waals surface area (Å²) in [7, 11) is 0. The predicted octanol–water partition coefficient (Wildman–Crippen LogP) is 3.15. The minimum atomic E-state index is -0.647. The smallest absolute Gasteiger partial charge is 0.397 e. The van der Waals surface area contributed by atoms with Gasteiger partial charge in [-0.25, -0.2) is 9.78 Å². The highest BCUT2D eigenvalue weighted by Gasteiger charge is 2.23. The number of fused-ring (bicyclic) bond motifs is 1. The topological polar surface area (TPSA) is 129 Å². The van der Waals surface area contributed by atoms with Crippen molar-refractivity contribution in [1.29, 1.82) is 0 Å². The van der Waals surface area contributed by atoms with Gasteiger partial charge in [0.05, 0.1) is 19.2 Å². The molecular weight excluding hydrogens is 426 g/mol. The van der Waals surface area contributed by atoms with E-state index in [9.17, 15) is 19.7 Å². The lowest BCUT2D eigenvalue weighted by atomic mass is 10.2. The number of nitrogens with zero attached hydrogens (tertiary/aromatic N) is 4. The third-order valence-corrected chi connectivity index (χ3v) is 5.24. The van der Waals surface area contributed by atoms with E-state index in [-0.39, 0.29) is 35.8 Å². The molecule has 5 aromatic rings. The molecule has 0 saturated heterocycles. The van der Waals surface area contributed by atoms with Gasteiger partial charge in [-0.1, -0.05) is 60.7 Å². The van der Waals surface area contributed by atoms with Crippen LogP contribution in [0.2, 0.25) is 0 Å². The van der Waals surface area contributed by atoms with Crippen molar-refractivity contribution >= 4 is 17.0 Å². The van der Waals surface area contributed by atoms with Crippen LogP contribution in [-0.2, 0) is 13.1 Å². The Morgan fingerprint density at radius 2 is 1.48 bits per heavy atom. The Morgan fingerprint density at radius 1 is 0.879 bits per heavy atom. The molecule has 0 unspecified atom stereocenters. The fourth-order valence-electron chi connectivity index (χ4n) is 3.74. The van der Waals surface area contributed by atoms with Gasteiger partial charge in [0.25, 0.3) is 5.56 Å². The van der Waals surface area contributed by atoms with Crippen LogP contribution in [0.4, 0.5) is 5.88 Å². The molecule has 0 bridgehead atoms. The number of H-pyrrole nitrogens is 1. The molecule has 10 nitrogen and oxygen atoms in total. The molecule has 0 atom stereocenters. The van der Waals surface area contributed by atoms with Gasteiger partial charge in [0, 0.05) is 0 Å². The van der Waals surface area contributed by atoms with Crippen LogP contribution in [0.25, 0.3) is 22.7 Å². The summed E-state index contributed by atoms with van der Waals surface area (Å²) in [5.74, 6) is -0.120. The molecule has 2 aromatic carbocycles. The lowest BCUT2D eigenvalue weighted by Gasteiger charge is -2.09. The minimum Gasteiger partial charge on any atom is -0.397 e. The van der Waals surface area contributed by atoms with Crippen LogP contribution in [0.15, 0.2) is 86.8 Å². The maximum Gasteiger partial charge on any atom is 0.433 e. The Kier molecular flexibility index (Phi) is 4.94. The van der Waals surface area contributed by atoms with Gasteiger partial charge in [-0.2, -0.15) is 0 Å². The van der Waals surface area contributed by atoms with Crippen LogP contribution in [-0.4, -0.2) is 24.0 Å². The lowest BCUT2D eigenvalue weighted by Crippen LogP contribution is -2.31. The maximum atomic E-state index is 12.9. The second-order valence-electron chi connectivity index (χ2n) is 7.41. The molecule has 33 heavy (non-hydrogen) atoms. The van der Waals surface area contributed by atoms with Crippen LogP contribution in [0, 0.1) is 10.1 Å². The number of nitro groups is 1. The van der Waals surface area contributed by atoms with Crippen molar-refractivity contribution in [2.75, 3.05) is 0 Å². The summed E-state index contributed by atoms with van der Waals surface area (Å²) in [5, 5.41) is 11.1. The number of nitrogens with one attached hydrogen (secondary N) is 1. The highest BCUT2D eigenvalue weighted by atomic mass is 16.6. The van der Waals surface area contributed by atoms with Crippen LogP contribution in [0.1, 0.15) is 11.1 Å². The normalized spacial score (nSPS) is 11.2. The van der Waals surface area contributed by atoms with E-state index in [2.05, 4.69) is 9.97 Å². The number of rotatable bonds is 6. The van der Waals surface area contributed by atoms with Gasteiger partial charge in [0.15, 0.2) is 22.7 Å². The van der Waals surface area contributed by atoms with E-state index in [1.165, 1.54) is 16.7 Å². The first-order chi connectivity index (χ1) is 16.0. The number of hydrogen-bond acceptors (Lipinski definition) is 6. The average Bonchev–Trinajstić information content (AvgIpc) is 3.44. The molecule has 5 rings (SSSR count). The van der Waals surface area contributed by atoms with Crippen molar-refractivity contribution < 1.29 is 9.34 Å². The summed E-state index contributed by atoms with van der Waals surface area (Å²) in [6, 6.07) is 21.3. The van der Waals surface area contributed by atoms with E-state index in [0.29, 0.717) is 0 Å². The summed E-state index contributed by atoms with van der Waals surface area (Å²) in [6.07, 6.45) is 0. The molecule has 3 aromatic heterocycles. The Bertz CT molecular complexity index is 1580. The van der Waals surface area contributed by atoms with Gasteiger partial charge in [-0.05, 0) is 17.2 Å². The lowest BCUT2D eigenvalue weighted by molar-refractivity contribution is -0.401. The number of imidazole rings is 1. The number of aromatic nitrogens is 4.